The number of carboxylic acid groups (broad SMARTS) is 1. The summed E-state index contributed by atoms with van der Waals surface area (Å²) in [6, 6.07) is 24.4. The minimum atomic E-state index is -0.888. The fourth-order valence-electron chi connectivity index (χ4n) is 5.07. The summed E-state index contributed by atoms with van der Waals surface area (Å²) >= 11 is 0. The van der Waals surface area contributed by atoms with Crippen molar-refractivity contribution in [1.82, 2.24) is 9.78 Å². The van der Waals surface area contributed by atoms with E-state index in [2.05, 4.69) is 61.9 Å². The molecule has 3 aromatic carbocycles. The Balaban J connectivity index is 1.88. The Kier molecular flexibility index (Phi) is 4.97. The Bertz CT molecular complexity index is 1350. The molecule has 0 saturated carbocycles. The highest BCUT2D eigenvalue weighted by molar-refractivity contribution is 5.96. The quantitative estimate of drug-likeness (QED) is 0.375. The number of carboxylic acids is 1. The van der Waals surface area contributed by atoms with E-state index in [0.29, 0.717) is 12.1 Å². The van der Waals surface area contributed by atoms with Crippen LogP contribution < -0.4 is 0 Å². The van der Waals surface area contributed by atoms with Crippen LogP contribution in [0.3, 0.4) is 0 Å². The summed E-state index contributed by atoms with van der Waals surface area (Å²) < 4.78 is 2.15. The van der Waals surface area contributed by atoms with Gasteiger partial charge in [-0.1, -0.05) is 81.4 Å². The zero-order valence-corrected chi connectivity index (χ0v) is 19.5. The molecular weight excluding hydrogens is 408 g/mol. The number of nitrogens with zero attached hydrogens (tertiary/aromatic N) is 2. The van der Waals surface area contributed by atoms with E-state index in [4.69, 9.17) is 5.10 Å². The number of rotatable bonds is 3. The van der Waals surface area contributed by atoms with Crippen molar-refractivity contribution < 1.29 is 9.90 Å². The van der Waals surface area contributed by atoms with Gasteiger partial charge in [-0.25, -0.2) is 4.79 Å². The second-order valence-electron chi connectivity index (χ2n) is 9.97. The van der Waals surface area contributed by atoms with Gasteiger partial charge in [0, 0.05) is 29.2 Å². The summed E-state index contributed by atoms with van der Waals surface area (Å²) in [5, 5.41) is 14.9. The molecule has 0 unspecified atom stereocenters. The molecule has 0 radical (unpaired) electrons. The Hall–Kier alpha value is -3.66. The van der Waals surface area contributed by atoms with Gasteiger partial charge in [-0.2, -0.15) is 5.10 Å². The maximum absolute atomic E-state index is 11.9. The van der Waals surface area contributed by atoms with E-state index in [1.807, 2.05) is 37.3 Å². The van der Waals surface area contributed by atoms with Crippen molar-refractivity contribution >= 4 is 5.97 Å². The van der Waals surface area contributed by atoms with Gasteiger partial charge in [-0.3, -0.25) is 4.68 Å². The molecule has 1 aliphatic heterocycles. The molecule has 4 heteroatoms. The van der Waals surface area contributed by atoms with E-state index >= 15 is 0 Å². The van der Waals surface area contributed by atoms with Gasteiger partial charge in [0.15, 0.2) is 0 Å². The van der Waals surface area contributed by atoms with E-state index < -0.39 is 5.97 Å². The standard InChI is InChI=1S/C29H28N2O2/c1-18-15-21(28(32)33)16-22-23(29(2,3)4)17-31-27(24(18)22)25(19-11-7-5-8-12-19)26(30-31)20-13-9-6-10-14-20/h5-16,23H,17H2,1-4H3,(H,32,33)/t23-/m1/s1. The fourth-order valence-corrected chi connectivity index (χ4v) is 5.07. The van der Waals surface area contributed by atoms with Crippen LogP contribution in [0.5, 0.6) is 0 Å². The van der Waals surface area contributed by atoms with Crippen LogP contribution in [-0.2, 0) is 6.54 Å². The van der Waals surface area contributed by atoms with Crippen LogP contribution in [0.25, 0.3) is 33.6 Å². The number of carbonyl (C=O) groups is 1. The lowest BCUT2D eigenvalue weighted by atomic mass is 9.71. The van der Waals surface area contributed by atoms with Crippen LogP contribution in [0.4, 0.5) is 0 Å². The smallest absolute Gasteiger partial charge is 0.335 e. The highest BCUT2D eigenvalue weighted by Crippen LogP contribution is 2.51. The molecule has 5 rings (SSSR count). The highest BCUT2D eigenvalue weighted by atomic mass is 16.4. The second kappa shape index (κ2) is 7.73. The zero-order chi connectivity index (χ0) is 23.3. The van der Waals surface area contributed by atoms with Crippen molar-refractivity contribution in [2.45, 2.75) is 40.2 Å². The molecule has 1 aromatic heterocycles. The first-order valence-corrected chi connectivity index (χ1v) is 11.4. The third-order valence-corrected chi connectivity index (χ3v) is 6.69. The first-order chi connectivity index (χ1) is 15.8. The molecule has 0 spiro atoms. The minimum absolute atomic E-state index is 0.0538. The van der Waals surface area contributed by atoms with Gasteiger partial charge in [-0.15, -0.1) is 0 Å². The molecule has 1 N–H and O–H groups in total. The number of benzene rings is 3. The molecule has 2 heterocycles. The van der Waals surface area contributed by atoms with Crippen molar-refractivity contribution in [3.8, 4) is 33.6 Å². The maximum atomic E-state index is 11.9. The molecule has 0 saturated heterocycles. The summed E-state index contributed by atoms with van der Waals surface area (Å²) in [7, 11) is 0. The lowest BCUT2D eigenvalue weighted by Crippen LogP contribution is -2.29. The molecule has 166 valence electrons. The normalized spacial score (nSPS) is 15.1. The van der Waals surface area contributed by atoms with E-state index in [0.717, 1.165) is 44.8 Å². The summed E-state index contributed by atoms with van der Waals surface area (Å²) in [4.78, 5) is 11.9. The van der Waals surface area contributed by atoms with Crippen molar-refractivity contribution in [2.24, 2.45) is 5.41 Å². The zero-order valence-electron chi connectivity index (χ0n) is 19.5. The number of aryl methyl sites for hydroxylation is 1. The third-order valence-electron chi connectivity index (χ3n) is 6.69. The lowest BCUT2D eigenvalue weighted by Gasteiger charge is -2.37. The summed E-state index contributed by atoms with van der Waals surface area (Å²) in [6.45, 7) is 9.38. The van der Waals surface area contributed by atoms with E-state index in [1.54, 1.807) is 6.07 Å². The van der Waals surface area contributed by atoms with Crippen molar-refractivity contribution in [2.75, 3.05) is 0 Å². The molecule has 1 atom stereocenters. The van der Waals surface area contributed by atoms with Gasteiger partial charge >= 0.3 is 5.97 Å². The average molecular weight is 437 g/mol. The first-order valence-electron chi connectivity index (χ1n) is 11.4. The van der Waals surface area contributed by atoms with Crippen molar-refractivity contribution in [3.05, 3.63) is 89.5 Å². The Morgan fingerprint density at radius 1 is 0.939 bits per heavy atom. The van der Waals surface area contributed by atoms with Gasteiger partial charge in [-0.05, 0) is 41.2 Å². The molecule has 1 aliphatic rings. The second-order valence-corrected chi connectivity index (χ2v) is 9.97. The highest BCUT2D eigenvalue weighted by Gasteiger charge is 2.37. The third kappa shape index (κ3) is 3.56. The topological polar surface area (TPSA) is 55.1 Å². The fraction of sp³-hybridized carbons (Fsp3) is 0.241. The monoisotopic (exact) mass is 436 g/mol. The van der Waals surface area contributed by atoms with Crippen LogP contribution in [0.2, 0.25) is 0 Å². The van der Waals surface area contributed by atoms with E-state index in [1.165, 1.54) is 0 Å². The number of hydrogen-bond acceptors (Lipinski definition) is 2. The molecule has 4 aromatic rings. The summed E-state index contributed by atoms with van der Waals surface area (Å²) in [5.41, 5.74) is 8.79. The number of aromatic nitrogens is 2. The largest absolute Gasteiger partial charge is 0.478 e. The minimum Gasteiger partial charge on any atom is -0.478 e. The van der Waals surface area contributed by atoms with Gasteiger partial charge in [0.05, 0.1) is 11.3 Å². The van der Waals surface area contributed by atoms with Crippen LogP contribution in [0.15, 0.2) is 72.8 Å². The predicted molar refractivity (Wildman–Crippen MR) is 132 cm³/mol. The summed E-state index contributed by atoms with van der Waals surface area (Å²) in [5.74, 6) is -0.744. The Morgan fingerprint density at radius 2 is 1.55 bits per heavy atom. The van der Waals surface area contributed by atoms with Crippen LogP contribution in [0.1, 0.15) is 48.2 Å². The van der Waals surface area contributed by atoms with Gasteiger partial charge < -0.3 is 5.11 Å². The number of aromatic carboxylic acids is 1. The molecule has 0 aliphatic carbocycles. The van der Waals surface area contributed by atoms with Crippen molar-refractivity contribution in [1.29, 1.82) is 0 Å². The molecule has 0 amide bonds. The molecule has 0 fully saturated rings. The molecule has 0 bridgehead atoms. The number of hydrogen-bond donors (Lipinski definition) is 1. The summed E-state index contributed by atoms with van der Waals surface area (Å²) in [6.07, 6.45) is 0. The molecule has 4 nitrogen and oxygen atoms in total. The number of fused-ring (bicyclic) bond motifs is 3. The van der Waals surface area contributed by atoms with Crippen molar-refractivity contribution in [3.63, 3.8) is 0 Å². The SMILES string of the molecule is Cc1cc(C(=O)O)cc2c1-c1c(-c3ccccc3)c(-c3ccccc3)nn1C[C@H]2C(C)(C)C. The van der Waals surface area contributed by atoms with E-state index in [9.17, 15) is 9.90 Å². The predicted octanol–water partition coefficient (Wildman–Crippen LogP) is 7.03. The van der Waals surface area contributed by atoms with Crippen LogP contribution >= 0.6 is 0 Å². The Labute approximate surface area is 194 Å². The van der Waals surface area contributed by atoms with E-state index in [-0.39, 0.29) is 11.3 Å². The first kappa shape index (κ1) is 21.2. The van der Waals surface area contributed by atoms with Gasteiger partial charge in [0.25, 0.3) is 0 Å². The van der Waals surface area contributed by atoms with Gasteiger partial charge in [0.1, 0.15) is 5.69 Å². The lowest BCUT2D eigenvalue weighted by molar-refractivity contribution is 0.0696. The van der Waals surface area contributed by atoms with Gasteiger partial charge in [0.2, 0.25) is 0 Å². The van der Waals surface area contributed by atoms with Crippen LogP contribution in [0, 0.1) is 12.3 Å². The molecular formula is C29H28N2O2. The maximum Gasteiger partial charge on any atom is 0.335 e. The average Bonchev–Trinajstić information content (AvgIpc) is 3.18. The Morgan fingerprint density at radius 3 is 2.12 bits per heavy atom. The molecule has 33 heavy (non-hydrogen) atoms. The van der Waals surface area contributed by atoms with Crippen LogP contribution in [-0.4, -0.2) is 20.9 Å².